The Kier molecular flexibility index (Phi) is 17.0. The number of nitrogens with one attached hydrogen (secondary N) is 1. The predicted molar refractivity (Wildman–Crippen MR) is 212 cm³/mol. The van der Waals surface area contributed by atoms with Crippen molar-refractivity contribution in [2.24, 2.45) is 5.73 Å². The molecule has 1 amide bonds. The van der Waals surface area contributed by atoms with Gasteiger partial charge in [0.15, 0.2) is 17.0 Å². The first-order chi connectivity index (χ1) is 27.6. The molecule has 0 aliphatic rings. The Bertz CT molecular complexity index is 2160. The highest BCUT2D eigenvalue weighted by atomic mass is 16.5. The van der Waals surface area contributed by atoms with Crippen molar-refractivity contribution in [3.05, 3.63) is 95.6 Å². The number of pyridine rings is 1. The number of aliphatic hydroxyl groups is 1. The molecule has 0 fully saturated rings. The van der Waals surface area contributed by atoms with E-state index in [0.717, 1.165) is 5.69 Å². The quantitative estimate of drug-likeness (QED) is 0.0791. The van der Waals surface area contributed by atoms with Crippen molar-refractivity contribution in [3.63, 3.8) is 0 Å². The van der Waals surface area contributed by atoms with Gasteiger partial charge in [-0.2, -0.15) is 9.97 Å². The summed E-state index contributed by atoms with van der Waals surface area (Å²) in [7, 11) is 6.29. The van der Waals surface area contributed by atoms with Crippen LogP contribution in [0.1, 0.15) is 57.8 Å². The highest BCUT2D eigenvalue weighted by Crippen LogP contribution is 2.30. The number of esters is 1. The normalized spacial score (nSPS) is 11.9. The standard InChI is InChI=1S/C20H22N8O5.C11H17NO3.C7H7NO2/c1-28(9-11-8-23-17-15(24-11)16(21)26-20(22)27-17)12-4-2-10(3-5-12)18(31)25-13(19(32)33)6-7-14(29)30;1-7(12)11(13)9-6-8(14-2)4-5-10(9)15-3;1-10-7(9)6-3-2-4-8-5-6/h2-5,8,13H,6-7,9H2,1H3,(H,25,31)(H,29,30)(H,32,33)(H4,21,22,23,26,27);4-7,11,13H,12H2,1-3H3;2-5H,1H3/t13-;;/m0../s1. The van der Waals surface area contributed by atoms with E-state index >= 15 is 0 Å². The lowest BCUT2D eigenvalue weighted by Gasteiger charge is -2.19. The van der Waals surface area contributed by atoms with E-state index in [0.29, 0.717) is 46.0 Å². The monoisotopic (exact) mass is 802 g/mol. The topological polar surface area (TPSA) is 314 Å². The minimum Gasteiger partial charge on any atom is -0.497 e. The van der Waals surface area contributed by atoms with Crippen molar-refractivity contribution in [2.45, 2.75) is 44.5 Å². The van der Waals surface area contributed by atoms with E-state index in [4.69, 9.17) is 31.8 Å². The molecule has 5 rings (SSSR count). The summed E-state index contributed by atoms with van der Waals surface area (Å²) in [6.07, 6.45) is 3.28. The van der Waals surface area contributed by atoms with Crippen molar-refractivity contribution in [1.82, 2.24) is 30.2 Å². The van der Waals surface area contributed by atoms with Crippen molar-refractivity contribution in [1.29, 1.82) is 0 Å². The van der Waals surface area contributed by atoms with Crippen molar-refractivity contribution >= 4 is 52.4 Å². The van der Waals surface area contributed by atoms with Gasteiger partial charge in [-0.15, -0.1) is 0 Å². The van der Waals surface area contributed by atoms with Gasteiger partial charge in [0, 0.05) is 48.7 Å². The summed E-state index contributed by atoms with van der Waals surface area (Å²) in [4.78, 5) is 67.2. The van der Waals surface area contributed by atoms with Gasteiger partial charge < -0.3 is 56.9 Å². The zero-order valence-electron chi connectivity index (χ0n) is 32.4. The lowest BCUT2D eigenvalue weighted by Crippen LogP contribution is -2.41. The number of aliphatic carboxylic acids is 2. The first kappa shape index (κ1) is 45.2. The van der Waals surface area contributed by atoms with Crippen LogP contribution >= 0.6 is 0 Å². The number of anilines is 3. The molecule has 2 aromatic carbocycles. The number of hydrogen-bond donors (Lipinski definition) is 7. The van der Waals surface area contributed by atoms with Crippen LogP contribution in [0.4, 0.5) is 17.5 Å². The van der Waals surface area contributed by atoms with Gasteiger partial charge in [0.25, 0.3) is 5.91 Å². The number of aliphatic hydroxyl groups excluding tert-OH is 1. The van der Waals surface area contributed by atoms with Gasteiger partial charge in [-0.05, 0) is 67.9 Å². The van der Waals surface area contributed by atoms with Crippen LogP contribution in [0.15, 0.2) is 73.2 Å². The molecule has 0 radical (unpaired) electrons. The maximum Gasteiger partial charge on any atom is 0.339 e. The fourth-order valence-electron chi connectivity index (χ4n) is 4.98. The largest absolute Gasteiger partial charge is 0.497 e. The number of fused-ring (bicyclic) bond motifs is 1. The van der Waals surface area contributed by atoms with Gasteiger partial charge >= 0.3 is 17.9 Å². The SMILES string of the molecule is CN(Cc1cnc2nc(N)nc(N)c2n1)c1ccc(C(=O)N[C@@H](CCC(=O)O)C(=O)O)cc1.COC(=O)c1cccnc1.COc1ccc(OC)c(C(O)C(C)N)c1. The van der Waals surface area contributed by atoms with Crippen LogP contribution in [0.5, 0.6) is 11.5 Å². The molecule has 0 aliphatic heterocycles. The van der Waals surface area contributed by atoms with Crippen molar-refractivity contribution < 1.29 is 48.7 Å². The smallest absolute Gasteiger partial charge is 0.339 e. The number of carbonyl (C=O) groups is 4. The molecule has 0 saturated carbocycles. The molecule has 0 bridgehead atoms. The molecule has 5 aromatic rings. The minimum atomic E-state index is -1.30. The van der Waals surface area contributed by atoms with Gasteiger partial charge in [0.2, 0.25) is 5.95 Å². The number of carboxylic acid groups (broad SMARTS) is 2. The number of hydrogen-bond acceptors (Lipinski definition) is 17. The second kappa shape index (κ2) is 21.8. The Morgan fingerprint density at radius 2 is 1.62 bits per heavy atom. The summed E-state index contributed by atoms with van der Waals surface area (Å²) in [6.45, 7) is 2.11. The second-order valence-corrected chi connectivity index (χ2v) is 12.3. The van der Waals surface area contributed by atoms with Crippen LogP contribution in [0, 0.1) is 0 Å². The van der Waals surface area contributed by atoms with Crippen LogP contribution < -0.4 is 36.9 Å². The number of rotatable bonds is 14. The molecule has 0 aliphatic carbocycles. The van der Waals surface area contributed by atoms with E-state index in [1.54, 1.807) is 76.0 Å². The molecule has 0 saturated heterocycles. The Morgan fingerprint density at radius 1 is 0.914 bits per heavy atom. The molecular weight excluding hydrogens is 756 g/mol. The van der Waals surface area contributed by atoms with Crippen molar-refractivity contribution in [2.75, 3.05) is 44.7 Å². The molecule has 0 spiro atoms. The first-order valence-corrected chi connectivity index (χ1v) is 17.3. The lowest BCUT2D eigenvalue weighted by molar-refractivity contribution is -0.140. The van der Waals surface area contributed by atoms with E-state index < -0.39 is 30.0 Å². The third-order valence-corrected chi connectivity index (χ3v) is 8.06. The lowest BCUT2D eigenvalue weighted by atomic mass is 10.0. The van der Waals surface area contributed by atoms with Gasteiger partial charge in [0.1, 0.15) is 17.5 Å². The minimum absolute atomic E-state index is 0.0138. The number of amides is 1. The molecule has 20 nitrogen and oxygen atoms in total. The molecule has 20 heteroatoms. The average molecular weight is 803 g/mol. The number of aromatic nitrogens is 5. The van der Waals surface area contributed by atoms with E-state index in [1.807, 2.05) is 11.9 Å². The van der Waals surface area contributed by atoms with Gasteiger partial charge in [-0.3, -0.25) is 14.6 Å². The highest BCUT2D eigenvalue weighted by molar-refractivity contribution is 5.97. The number of nitrogens with two attached hydrogens (primary N) is 3. The number of nitrogens with zero attached hydrogens (tertiary/aromatic N) is 6. The summed E-state index contributed by atoms with van der Waals surface area (Å²) in [5, 5.41) is 30.1. The van der Waals surface area contributed by atoms with E-state index in [1.165, 1.54) is 25.4 Å². The summed E-state index contributed by atoms with van der Waals surface area (Å²) in [5.41, 5.74) is 20.4. The zero-order chi connectivity index (χ0) is 42.9. The van der Waals surface area contributed by atoms with E-state index in [-0.39, 0.29) is 42.2 Å². The molecular formula is C38H46N10O10. The number of ether oxygens (including phenoxy) is 3. The van der Waals surface area contributed by atoms with Crippen LogP contribution in [0.3, 0.4) is 0 Å². The van der Waals surface area contributed by atoms with E-state index in [9.17, 15) is 29.4 Å². The highest BCUT2D eigenvalue weighted by Gasteiger charge is 2.22. The molecule has 308 valence electrons. The van der Waals surface area contributed by atoms with Gasteiger partial charge in [-0.25, -0.2) is 19.6 Å². The molecule has 3 heterocycles. The third-order valence-electron chi connectivity index (χ3n) is 8.06. The summed E-state index contributed by atoms with van der Waals surface area (Å²) < 4.78 is 14.7. The molecule has 3 aromatic heterocycles. The average Bonchev–Trinajstić information content (AvgIpc) is 3.22. The molecule has 10 N–H and O–H groups in total. The number of methoxy groups -OCH3 is 3. The number of nitrogen functional groups attached to an aromatic ring is 2. The maximum atomic E-state index is 12.4. The van der Waals surface area contributed by atoms with Gasteiger partial charge in [-0.1, -0.05) is 0 Å². The summed E-state index contributed by atoms with van der Waals surface area (Å²) in [6, 6.07) is 13.4. The number of carbonyl (C=O) groups excluding carboxylic acids is 2. The fraction of sp³-hybridized carbons (Fsp3) is 0.289. The van der Waals surface area contributed by atoms with Crippen LogP contribution in [-0.2, 0) is 20.9 Å². The Morgan fingerprint density at radius 3 is 2.19 bits per heavy atom. The number of benzene rings is 2. The van der Waals surface area contributed by atoms with Crippen LogP contribution in [0.25, 0.3) is 11.2 Å². The third kappa shape index (κ3) is 13.2. The Balaban J connectivity index is 0.000000294. The second-order valence-electron chi connectivity index (χ2n) is 12.3. The summed E-state index contributed by atoms with van der Waals surface area (Å²) >= 11 is 0. The fourth-order valence-corrected chi connectivity index (χ4v) is 4.98. The first-order valence-electron chi connectivity index (χ1n) is 17.3. The predicted octanol–water partition coefficient (Wildman–Crippen LogP) is 2.22. The zero-order valence-corrected chi connectivity index (χ0v) is 32.4. The van der Waals surface area contributed by atoms with Crippen LogP contribution in [0.2, 0.25) is 0 Å². The Hall–Kier alpha value is -7.19. The maximum absolute atomic E-state index is 12.4. The molecule has 2 unspecified atom stereocenters. The molecule has 3 atom stereocenters. The van der Waals surface area contributed by atoms with E-state index in [2.05, 4.69) is 35.0 Å². The van der Waals surface area contributed by atoms with Gasteiger partial charge in [0.05, 0.1) is 51.4 Å². The molecule has 58 heavy (non-hydrogen) atoms. The summed E-state index contributed by atoms with van der Waals surface area (Å²) in [5.74, 6) is -1.98. The Labute approximate surface area is 333 Å². The number of carboxylic acids is 2. The van der Waals surface area contributed by atoms with Crippen LogP contribution in [-0.4, -0.2) is 105 Å². The van der Waals surface area contributed by atoms with Crippen molar-refractivity contribution in [3.8, 4) is 11.5 Å².